The van der Waals surface area contributed by atoms with Gasteiger partial charge in [-0.1, -0.05) is 12.1 Å². The first-order valence-electron chi connectivity index (χ1n) is 10.1. The second-order valence-corrected chi connectivity index (χ2v) is 8.33. The first kappa shape index (κ1) is 24.3. The van der Waals surface area contributed by atoms with Gasteiger partial charge in [-0.15, -0.1) is 0 Å². The Kier molecular flexibility index (Phi) is 7.29. The molecule has 2 aromatic heterocycles. The van der Waals surface area contributed by atoms with Gasteiger partial charge in [0.25, 0.3) is 5.56 Å². The standard InChI is InChI=1S/C21H21FN3O8P/c22-14-3-1-12(2-4-14)13-5-7-23-15(9-13)10-25-17(26)6-8-24(21(25)29)20-19(28)18(27)16(33-20)11-32-34(30)31/h1-9,16,18-20,27-28,30-31H,10-11H2. The van der Waals surface area contributed by atoms with Crippen LogP contribution in [0.25, 0.3) is 11.1 Å². The maximum absolute atomic E-state index is 13.2. The van der Waals surface area contributed by atoms with E-state index in [0.29, 0.717) is 11.3 Å². The fourth-order valence-electron chi connectivity index (χ4n) is 3.66. The molecule has 4 atom stereocenters. The lowest BCUT2D eigenvalue weighted by Gasteiger charge is -2.18. The molecular weight excluding hydrogens is 472 g/mol. The molecule has 0 radical (unpaired) electrons. The van der Waals surface area contributed by atoms with E-state index >= 15 is 0 Å². The molecule has 3 heterocycles. The Morgan fingerprint density at radius 3 is 2.50 bits per heavy atom. The van der Waals surface area contributed by atoms with Gasteiger partial charge in [-0.05, 0) is 35.4 Å². The highest BCUT2D eigenvalue weighted by molar-refractivity contribution is 7.39. The lowest BCUT2D eigenvalue weighted by molar-refractivity contribution is -0.0531. The molecule has 4 unspecified atom stereocenters. The van der Waals surface area contributed by atoms with E-state index in [2.05, 4.69) is 9.51 Å². The van der Waals surface area contributed by atoms with E-state index in [9.17, 15) is 24.2 Å². The molecule has 11 nitrogen and oxygen atoms in total. The van der Waals surface area contributed by atoms with Gasteiger partial charge >= 0.3 is 14.3 Å². The van der Waals surface area contributed by atoms with Gasteiger partial charge in [-0.2, -0.15) is 0 Å². The third-order valence-electron chi connectivity index (χ3n) is 5.38. The summed E-state index contributed by atoms with van der Waals surface area (Å²) in [6.07, 6.45) is -2.85. The number of pyridine rings is 1. The molecule has 1 fully saturated rings. The number of aromatic nitrogens is 3. The average Bonchev–Trinajstić information content (AvgIpc) is 3.09. The van der Waals surface area contributed by atoms with E-state index in [-0.39, 0.29) is 12.4 Å². The topological polar surface area (TPSA) is 156 Å². The Morgan fingerprint density at radius 2 is 1.79 bits per heavy atom. The summed E-state index contributed by atoms with van der Waals surface area (Å²) in [6, 6.07) is 10.3. The highest BCUT2D eigenvalue weighted by Gasteiger charge is 2.44. The summed E-state index contributed by atoms with van der Waals surface area (Å²) >= 11 is 0. The van der Waals surface area contributed by atoms with Crippen molar-refractivity contribution < 1.29 is 33.7 Å². The SMILES string of the molecule is O=c1ccn(C2OC(COP(O)O)C(O)C2O)c(=O)n1Cc1cc(-c2ccc(F)cc2)ccn1. The minimum absolute atomic E-state index is 0.190. The van der Waals surface area contributed by atoms with E-state index in [1.54, 1.807) is 24.3 Å². The van der Waals surface area contributed by atoms with Crippen LogP contribution in [-0.4, -0.2) is 59.0 Å². The highest BCUT2D eigenvalue weighted by Crippen LogP contribution is 2.32. The number of aliphatic hydroxyl groups excluding tert-OH is 2. The van der Waals surface area contributed by atoms with E-state index in [0.717, 1.165) is 27.0 Å². The second kappa shape index (κ2) is 10.2. The first-order chi connectivity index (χ1) is 16.2. The zero-order valence-corrected chi connectivity index (χ0v) is 18.4. The molecule has 180 valence electrons. The van der Waals surface area contributed by atoms with Crippen LogP contribution in [0.3, 0.4) is 0 Å². The lowest BCUT2D eigenvalue weighted by Crippen LogP contribution is -2.43. The number of rotatable bonds is 7. The maximum atomic E-state index is 13.2. The van der Waals surface area contributed by atoms with Crippen LogP contribution in [0.4, 0.5) is 4.39 Å². The van der Waals surface area contributed by atoms with E-state index in [1.807, 2.05) is 0 Å². The van der Waals surface area contributed by atoms with Crippen molar-refractivity contribution in [2.75, 3.05) is 6.61 Å². The Morgan fingerprint density at radius 1 is 1.06 bits per heavy atom. The molecule has 34 heavy (non-hydrogen) atoms. The van der Waals surface area contributed by atoms with Crippen molar-refractivity contribution in [1.29, 1.82) is 0 Å². The van der Waals surface area contributed by atoms with Crippen LogP contribution in [-0.2, 0) is 15.8 Å². The number of hydrogen-bond donors (Lipinski definition) is 4. The molecule has 0 amide bonds. The van der Waals surface area contributed by atoms with Gasteiger partial charge in [0.2, 0.25) is 0 Å². The van der Waals surface area contributed by atoms with Gasteiger partial charge in [0.15, 0.2) is 6.23 Å². The number of aliphatic hydroxyl groups is 2. The second-order valence-electron chi connectivity index (χ2n) is 7.57. The zero-order chi connectivity index (χ0) is 24.4. The number of benzene rings is 1. The highest BCUT2D eigenvalue weighted by atomic mass is 31.2. The molecule has 1 aliphatic rings. The number of ether oxygens (including phenoxy) is 1. The molecule has 4 N–H and O–H groups in total. The van der Waals surface area contributed by atoms with Crippen LogP contribution in [0.5, 0.6) is 0 Å². The largest absolute Gasteiger partial charge is 0.387 e. The molecular formula is C21H21FN3O8P. The summed E-state index contributed by atoms with van der Waals surface area (Å²) < 4.78 is 25.2. The van der Waals surface area contributed by atoms with Crippen LogP contribution in [0.1, 0.15) is 11.9 Å². The fourth-order valence-corrected chi connectivity index (χ4v) is 3.94. The minimum atomic E-state index is -2.70. The monoisotopic (exact) mass is 493 g/mol. The molecule has 0 aliphatic carbocycles. The zero-order valence-electron chi connectivity index (χ0n) is 17.5. The average molecular weight is 493 g/mol. The molecule has 3 aromatic rings. The van der Waals surface area contributed by atoms with Crippen molar-refractivity contribution in [3.63, 3.8) is 0 Å². The molecule has 1 aliphatic heterocycles. The summed E-state index contributed by atoms with van der Waals surface area (Å²) in [5.74, 6) is -0.377. The third kappa shape index (κ3) is 5.13. The fraction of sp³-hybridized carbons (Fsp3) is 0.286. The van der Waals surface area contributed by atoms with Crippen LogP contribution >= 0.6 is 8.60 Å². The molecule has 0 bridgehead atoms. The quantitative estimate of drug-likeness (QED) is 0.336. The predicted octanol–water partition coefficient (Wildman–Crippen LogP) is 0.107. The van der Waals surface area contributed by atoms with Gasteiger partial charge in [0.1, 0.15) is 24.1 Å². The third-order valence-corrected chi connectivity index (χ3v) is 5.76. The molecule has 1 aromatic carbocycles. The van der Waals surface area contributed by atoms with E-state index in [1.165, 1.54) is 18.3 Å². The Balaban J connectivity index is 1.61. The number of halogens is 1. The van der Waals surface area contributed by atoms with Crippen molar-refractivity contribution >= 4 is 8.60 Å². The summed E-state index contributed by atoms with van der Waals surface area (Å²) in [7, 11) is -2.70. The van der Waals surface area contributed by atoms with Gasteiger partial charge in [0.05, 0.1) is 18.8 Å². The molecule has 0 saturated carbocycles. The van der Waals surface area contributed by atoms with Gasteiger partial charge in [-0.25, -0.2) is 9.18 Å². The maximum Gasteiger partial charge on any atom is 0.333 e. The summed E-state index contributed by atoms with van der Waals surface area (Å²) in [5, 5.41) is 20.5. The van der Waals surface area contributed by atoms with Gasteiger partial charge in [0, 0.05) is 18.5 Å². The first-order valence-corrected chi connectivity index (χ1v) is 11.3. The van der Waals surface area contributed by atoms with Crippen LogP contribution in [0, 0.1) is 5.82 Å². The van der Waals surface area contributed by atoms with E-state index in [4.69, 9.17) is 14.5 Å². The molecule has 4 rings (SSSR count). The lowest BCUT2D eigenvalue weighted by atomic mass is 10.1. The normalized spacial score (nSPS) is 22.4. The Labute approximate surface area is 192 Å². The minimum Gasteiger partial charge on any atom is -0.387 e. The molecule has 1 saturated heterocycles. The molecule has 0 spiro atoms. The van der Waals surface area contributed by atoms with Crippen molar-refractivity contribution in [3.8, 4) is 11.1 Å². The van der Waals surface area contributed by atoms with Gasteiger partial charge in [-0.3, -0.25) is 18.9 Å². The van der Waals surface area contributed by atoms with E-state index < -0.39 is 51.0 Å². The number of hydrogen-bond acceptors (Lipinski definition) is 9. The summed E-state index contributed by atoms with van der Waals surface area (Å²) in [4.78, 5) is 47.5. The van der Waals surface area contributed by atoms with Crippen LogP contribution in [0.15, 0.2) is 64.4 Å². The summed E-state index contributed by atoms with van der Waals surface area (Å²) in [5.41, 5.74) is 0.391. The van der Waals surface area contributed by atoms with Crippen LogP contribution < -0.4 is 11.2 Å². The van der Waals surface area contributed by atoms with Crippen LogP contribution in [0.2, 0.25) is 0 Å². The smallest absolute Gasteiger partial charge is 0.333 e. The summed E-state index contributed by atoms with van der Waals surface area (Å²) in [6.45, 7) is -0.618. The Bertz CT molecular complexity index is 1270. The predicted molar refractivity (Wildman–Crippen MR) is 117 cm³/mol. The van der Waals surface area contributed by atoms with Crippen molar-refractivity contribution in [3.05, 3.63) is 87.2 Å². The molecule has 13 heteroatoms. The van der Waals surface area contributed by atoms with Crippen molar-refractivity contribution in [1.82, 2.24) is 14.1 Å². The number of nitrogens with zero attached hydrogens (tertiary/aromatic N) is 3. The van der Waals surface area contributed by atoms with Gasteiger partial charge < -0.3 is 29.3 Å². The van der Waals surface area contributed by atoms with Crippen molar-refractivity contribution in [2.45, 2.75) is 31.1 Å². The van der Waals surface area contributed by atoms with Crippen molar-refractivity contribution in [2.24, 2.45) is 0 Å². The Hall–Kier alpha value is -2.83.